The second kappa shape index (κ2) is 7.62. The second-order valence-corrected chi connectivity index (χ2v) is 7.95. The lowest BCUT2D eigenvalue weighted by Crippen LogP contribution is -2.48. The van der Waals surface area contributed by atoms with Gasteiger partial charge in [0.15, 0.2) is 0 Å². The number of imidazole rings is 1. The van der Waals surface area contributed by atoms with E-state index >= 15 is 0 Å². The molecule has 0 radical (unpaired) electrons. The van der Waals surface area contributed by atoms with Crippen LogP contribution in [0.4, 0.5) is 10.5 Å². The predicted octanol–water partition coefficient (Wildman–Crippen LogP) is 4.09. The van der Waals surface area contributed by atoms with Crippen LogP contribution in [-0.4, -0.2) is 58.2 Å². The lowest BCUT2D eigenvalue weighted by molar-refractivity contribution is 0.0746. The van der Waals surface area contributed by atoms with Crippen LogP contribution in [0.3, 0.4) is 0 Å². The number of nitrogens with zero attached hydrogens (tertiary/aromatic N) is 3. The molecule has 4 aromatic rings. The molecule has 1 saturated heterocycles. The van der Waals surface area contributed by atoms with E-state index in [9.17, 15) is 9.59 Å². The molecule has 10 heteroatoms. The van der Waals surface area contributed by atoms with Gasteiger partial charge in [-0.15, -0.1) is 0 Å². The average Bonchev–Trinajstić information content (AvgIpc) is 3.39. The van der Waals surface area contributed by atoms with E-state index in [2.05, 4.69) is 35.5 Å². The first-order chi connectivity index (χ1) is 15.0. The lowest BCUT2D eigenvalue weighted by Gasteiger charge is -2.36. The number of furan rings is 1. The number of carbonyl (C=O) groups is 2. The van der Waals surface area contributed by atoms with Gasteiger partial charge in [-0.3, -0.25) is 4.79 Å². The summed E-state index contributed by atoms with van der Waals surface area (Å²) in [6, 6.07) is 10.7. The van der Waals surface area contributed by atoms with Crippen molar-refractivity contribution in [2.24, 2.45) is 0 Å². The molecule has 158 valence electrons. The van der Waals surface area contributed by atoms with Gasteiger partial charge in [0.25, 0.3) is 11.9 Å². The summed E-state index contributed by atoms with van der Waals surface area (Å²) in [5.41, 5.74) is 3.76. The third-order valence-electron chi connectivity index (χ3n) is 5.36. The molecule has 2 N–H and O–H groups in total. The van der Waals surface area contributed by atoms with Crippen molar-refractivity contribution in [1.82, 2.24) is 14.9 Å². The minimum Gasteiger partial charge on any atom is -0.449 e. The Bertz CT molecular complexity index is 1310. The zero-order valence-electron chi connectivity index (χ0n) is 16.2. The highest BCUT2D eigenvalue weighted by molar-refractivity contribution is 9.10. The van der Waals surface area contributed by atoms with Crippen LogP contribution >= 0.6 is 15.9 Å². The van der Waals surface area contributed by atoms with E-state index in [1.54, 1.807) is 24.5 Å². The van der Waals surface area contributed by atoms with Crippen molar-refractivity contribution >= 4 is 55.7 Å². The maximum Gasteiger partial charge on any atom is 0.513 e. The molecule has 0 atom stereocenters. The molecule has 1 amide bonds. The maximum absolute atomic E-state index is 12.9. The SMILES string of the molecule is O=C(O)Oc1cc2c(Br)c(N3CCN(C(=O)c4ccc5[nH]cnc5c4)CC3)ccc2o1. The Kier molecular flexibility index (Phi) is 4.78. The number of hydrogen-bond acceptors (Lipinski definition) is 6. The molecule has 2 aromatic carbocycles. The van der Waals surface area contributed by atoms with Crippen molar-refractivity contribution in [2.45, 2.75) is 0 Å². The van der Waals surface area contributed by atoms with Crippen LogP contribution in [0.5, 0.6) is 5.95 Å². The summed E-state index contributed by atoms with van der Waals surface area (Å²) in [6.45, 7) is 2.50. The summed E-state index contributed by atoms with van der Waals surface area (Å²) in [5.74, 6) is -0.0889. The molecule has 0 unspecified atom stereocenters. The van der Waals surface area contributed by atoms with Crippen molar-refractivity contribution in [2.75, 3.05) is 31.1 Å². The summed E-state index contributed by atoms with van der Waals surface area (Å²) >= 11 is 3.60. The molecule has 0 bridgehead atoms. The topological polar surface area (TPSA) is 112 Å². The number of aromatic amines is 1. The van der Waals surface area contributed by atoms with Crippen LogP contribution in [-0.2, 0) is 0 Å². The van der Waals surface area contributed by atoms with Crippen LogP contribution < -0.4 is 9.64 Å². The van der Waals surface area contributed by atoms with Crippen molar-refractivity contribution < 1.29 is 23.8 Å². The molecule has 5 rings (SSSR count). The maximum atomic E-state index is 12.9. The minimum atomic E-state index is -1.43. The Morgan fingerprint density at radius 1 is 1.13 bits per heavy atom. The molecule has 1 fully saturated rings. The third kappa shape index (κ3) is 3.59. The number of carbonyl (C=O) groups excluding carboxylic acids is 1. The molecular weight excluding hydrogens is 468 g/mol. The fraction of sp³-hybridized carbons (Fsp3) is 0.190. The average molecular weight is 485 g/mol. The summed E-state index contributed by atoms with van der Waals surface area (Å²) in [4.78, 5) is 34.9. The number of nitrogens with one attached hydrogen (secondary N) is 1. The van der Waals surface area contributed by atoms with E-state index in [1.165, 1.54) is 0 Å². The van der Waals surface area contributed by atoms with Crippen LogP contribution in [0.2, 0.25) is 0 Å². The molecule has 2 aromatic heterocycles. The van der Waals surface area contributed by atoms with Gasteiger partial charge >= 0.3 is 6.16 Å². The number of aromatic nitrogens is 2. The van der Waals surface area contributed by atoms with Gasteiger partial charge in [-0.1, -0.05) is 0 Å². The first kappa shape index (κ1) is 19.4. The van der Waals surface area contributed by atoms with Gasteiger partial charge in [0.05, 0.1) is 27.5 Å². The van der Waals surface area contributed by atoms with Crippen molar-refractivity contribution in [1.29, 1.82) is 0 Å². The van der Waals surface area contributed by atoms with Crippen LogP contribution in [0.15, 0.2) is 51.6 Å². The molecular formula is C21H17BrN4O5. The first-order valence-electron chi connectivity index (χ1n) is 9.60. The van der Waals surface area contributed by atoms with Crippen LogP contribution in [0.1, 0.15) is 10.4 Å². The largest absolute Gasteiger partial charge is 0.513 e. The Hall–Kier alpha value is -3.53. The fourth-order valence-electron chi connectivity index (χ4n) is 3.82. The number of piperazine rings is 1. The number of carboxylic acid groups (broad SMARTS) is 1. The van der Waals surface area contributed by atoms with Crippen molar-refractivity contribution in [3.63, 3.8) is 0 Å². The van der Waals surface area contributed by atoms with Gasteiger partial charge < -0.3 is 29.0 Å². The smallest absolute Gasteiger partial charge is 0.449 e. The van der Waals surface area contributed by atoms with Crippen molar-refractivity contribution in [3.8, 4) is 5.95 Å². The monoisotopic (exact) mass is 484 g/mol. The molecule has 3 heterocycles. The second-order valence-electron chi connectivity index (χ2n) is 7.16. The van der Waals surface area contributed by atoms with Crippen molar-refractivity contribution in [3.05, 3.63) is 52.8 Å². The number of anilines is 1. The number of hydrogen-bond donors (Lipinski definition) is 2. The Balaban J connectivity index is 1.31. The molecule has 1 aliphatic rings. The molecule has 31 heavy (non-hydrogen) atoms. The normalized spacial score (nSPS) is 14.4. The number of rotatable bonds is 3. The highest BCUT2D eigenvalue weighted by Crippen LogP contribution is 2.38. The summed E-state index contributed by atoms with van der Waals surface area (Å²) in [6.07, 6.45) is 0.186. The fourth-order valence-corrected chi connectivity index (χ4v) is 4.51. The Labute approximate surface area is 184 Å². The Morgan fingerprint density at radius 2 is 1.94 bits per heavy atom. The van der Waals surface area contributed by atoms with Gasteiger partial charge in [0.1, 0.15) is 5.58 Å². The van der Waals surface area contributed by atoms with E-state index in [-0.39, 0.29) is 11.9 Å². The molecule has 9 nitrogen and oxygen atoms in total. The van der Waals surface area contributed by atoms with E-state index in [0.717, 1.165) is 26.6 Å². The minimum absolute atomic E-state index is 0.00985. The number of fused-ring (bicyclic) bond motifs is 2. The van der Waals surface area contributed by atoms with Gasteiger partial charge in [0, 0.05) is 43.2 Å². The number of halogens is 1. The van der Waals surface area contributed by atoms with E-state index in [1.807, 2.05) is 23.1 Å². The molecule has 1 aliphatic heterocycles. The first-order valence-corrected chi connectivity index (χ1v) is 10.4. The highest BCUT2D eigenvalue weighted by atomic mass is 79.9. The predicted molar refractivity (Wildman–Crippen MR) is 117 cm³/mol. The molecule has 0 saturated carbocycles. The number of H-pyrrole nitrogens is 1. The zero-order valence-corrected chi connectivity index (χ0v) is 17.8. The van der Waals surface area contributed by atoms with Gasteiger partial charge in [0.2, 0.25) is 0 Å². The van der Waals surface area contributed by atoms with Gasteiger partial charge in [-0.05, 0) is 46.3 Å². The lowest BCUT2D eigenvalue weighted by atomic mass is 10.1. The summed E-state index contributed by atoms with van der Waals surface area (Å²) < 4.78 is 10.8. The summed E-state index contributed by atoms with van der Waals surface area (Å²) in [5, 5.41) is 9.50. The molecule has 0 spiro atoms. The van der Waals surface area contributed by atoms with Crippen LogP contribution in [0.25, 0.3) is 22.0 Å². The quantitative estimate of drug-likeness (QED) is 0.421. The highest BCUT2D eigenvalue weighted by Gasteiger charge is 2.25. The van der Waals surface area contributed by atoms with E-state index in [0.29, 0.717) is 37.3 Å². The van der Waals surface area contributed by atoms with E-state index in [4.69, 9.17) is 9.52 Å². The van der Waals surface area contributed by atoms with Gasteiger partial charge in [-0.25, -0.2) is 9.78 Å². The summed E-state index contributed by atoms with van der Waals surface area (Å²) in [7, 11) is 0. The Morgan fingerprint density at radius 3 is 2.71 bits per heavy atom. The van der Waals surface area contributed by atoms with E-state index < -0.39 is 6.16 Å². The molecule has 0 aliphatic carbocycles. The zero-order chi connectivity index (χ0) is 21.5. The number of benzene rings is 2. The number of ether oxygens (including phenoxy) is 1. The number of amides is 1. The third-order valence-corrected chi connectivity index (χ3v) is 6.19. The standard InChI is InChI=1S/C21H17BrN4O5/c22-19-13-10-18(31-21(28)29)30-17(13)4-3-16(19)25-5-7-26(8-6-25)20(27)12-1-2-14-15(9-12)24-11-23-14/h1-4,9-11H,5-8H2,(H,23,24)(H,28,29). The van der Waals surface area contributed by atoms with Crippen LogP contribution in [0, 0.1) is 0 Å². The van der Waals surface area contributed by atoms with Gasteiger partial charge in [-0.2, -0.15) is 0 Å².